The van der Waals surface area contributed by atoms with Crippen LogP contribution in [-0.2, 0) is 6.54 Å². The Bertz CT molecular complexity index is 1510. The lowest BCUT2D eigenvalue weighted by Crippen LogP contribution is -2.32. The zero-order valence-electron chi connectivity index (χ0n) is 18.0. The topological polar surface area (TPSA) is 70.0 Å². The van der Waals surface area contributed by atoms with Crippen molar-refractivity contribution in [1.29, 1.82) is 0 Å². The van der Waals surface area contributed by atoms with Crippen LogP contribution in [0.15, 0.2) is 82.8 Å². The molecule has 0 aliphatic heterocycles. The second-order valence-electron chi connectivity index (χ2n) is 8.00. The van der Waals surface area contributed by atoms with Crippen LogP contribution in [0.5, 0.6) is 0 Å². The van der Waals surface area contributed by atoms with Gasteiger partial charge in [0.2, 0.25) is 0 Å². The molecule has 0 radical (unpaired) electrons. The van der Waals surface area contributed by atoms with Crippen molar-refractivity contribution in [1.82, 2.24) is 28.7 Å². The molecule has 0 bridgehead atoms. The highest BCUT2D eigenvalue weighted by Crippen LogP contribution is 2.32. The number of halogens is 3. The van der Waals surface area contributed by atoms with Gasteiger partial charge in [0.1, 0.15) is 29.9 Å². The minimum Gasteiger partial charge on any atom is -0.297 e. The smallest absolute Gasteiger partial charge is 0.297 e. The lowest BCUT2D eigenvalue weighted by atomic mass is 9.91. The highest BCUT2D eigenvalue weighted by Gasteiger charge is 2.26. The van der Waals surface area contributed by atoms with E-state index in [1.807, 2.05) is 31.2 Å². The van der Waals surface area contributed by atoms with E-state index >= 15 is 0 Å². The van der Waals surface area contributed by atoms with Gasteiger partial charge in [-0.25, -0.2) is 23.5 Å². The number of hydrogen-bond acceptors (Lipinski definition) is 4. The van der Waals surface area contributed by atoms with E-state index in [1.165, 1.54) is 33.8 Å². The summed E-state index contributed by atoms with van der Waals surface area (Å²) >= 11 is 3.42. The van der Waals surface area contributed by atoms with Gasteiger partial charge in [-0.15, -0.1) is 0 Å². The van der Waals surface area contributed by atoms with Crippen LogP contribution in [0, 0.1) is 11.6 Å². The average molecular weight is 525 g/mol. The molecule has 0 saturated carbocycles. The van der Waals surface area contributed by atoms with Crippen LogP contribution in [-0.4, -0.2) is 28.7 Å². The van der Waals surface area contributed by atoms with Gasteiger partial charge < -0.3 is 0 Å². The number of rotatable bonds is 6. The normalized spacial score (nSPS) is 13.3. The molecule has 0 aliphatic carbocycles. The third-order valence-electron chi connectivity index (χ3n) is 5.92. The lowest BCUT2D eigenvalue weighted by molar-refractivity contribution is 0.361. The van der Waals surface area contributed by atoms with Gasteiger partial charge in [0.15, 0.2) is 0 Å². The Hall–Kier alpha value is -3.66. The molecule has 2 atom stereocenters. The molecule has 0 fully saturated rings. The van der Waals surface area contributed by atoms with E-state index in [9.17, 15) is 13.6 Å². The van der Waals surface area contributed by atoms with Crippen molar-refractivity contribution in [2.24, 2.45) is 0 Å². The van der Waals surface area contributed by atoms with E-state index in [0.717, 1.165) is 16.1 Å². The number of aromatic nitrogens is 6. The second kappa shape index (κ2) is 8.94. The fourth-order valence-corrected chi connectivity index (χ4v) is 4.37. The van der Waals surface area contributed by atoms with Gasteiger partial charge in [0, 0.05) is 40.5 Å². The molecular formula is C24H19BrF2N6O. The third kappa shape index (κ3) is 4.16. The summed E-state index contributed by atoms with van der Waals surface area (Å²) in [7, 11) is 0. The molecular weight excluding hydrogens is 506 g/mol. The monoisotopic (exact) mass is 524 g/mol. The van der Waals surface area contributed by atoms with Crippen molar-refractivity contribution in [2.45, 2.75) is 25.4 Å². The van der Waals surface area contributed by atoms with Crippen molar-refractivity contribution in [3.8, 4) is 11.3 Å². The summed E-state index contributed by atoms with van der Waals surface area (Å²) in [5.74, 6) is -1.86. The van der Waals surface area contributed by atoms with Crippen LogP contribution in [0.2, 0.25) is 0 Å². The minimum atomic E-state index is -0.675. The van der Waals surface area contributed by atoms with Crippen LogP contribution < -0.4 is 5.69 Å². The zero-order chi connectivity index (χ0) is 23.8. The highest BCUT2D eigenvalue weighted by atomic mass is 79.9. The Labute approximate surface area is 201 Å². The summed E-state index contributed by atoms with van der Waals surface area (Å²) in [4.78, 5) is 22.0. The van der Waals surface area contributed by atoms with Crippen LogP contribution in [0.25, 0.3) is 16.9 Å². The van der Waals surface area contributed by atoms with Gasteiger partial charge >= 0.3 is 5.69 Å². The molecule has 3 heterocycles. The van der Waals surface area contributed by atoms with E-state index in [-0.39, 0.29) is 17.8 Å². The fraction of sp³-hybridized carbons (Fsp3) is 0.167. The van der Waals surface area contributed by atoms with Crippen molar-refractivity contribution in [3.63, 3.8) is 0 Å². The maximum absolute atomic E-state index is 14.8. The predicted octanol–water partition coefficient (Wildman–Crippen LogP) is 4.84. The summed E-state index contributed by atoms with van der Waals surface area (Å²) < 4.78 is 33.9. The molecule has 0 spiro atoms. The van der Waals surface area contributed by atoms with E-state index in [0.29, 0.717) is 11.3 Å². The van der Waals surface area contributed by atoms with E-state index in [1.54, 1.807) is 23.1 Å². The Morgan fingerprint density at radius 2 is 1.88 bits per heavy atom. The van der Waals surface area contributed by atoms with Crippen LogP contribution in [0.4, 0.5) is 8.78 Å². The lowest BCUT2D eigenvalue weighted by Gasteiger charge is -2.26. The molecule has 5 rings (SSSR count). The molecule has 5 aromatic rings. The Kier molecular flexibility index (Phi) is 5.82. The Morgan fingerprint density at radius 1 is 1.09 bits per heavy atom. The number of benzene rings is 2. The second-order valence-corrected chi connectivity index (χ2v) is 8.91. The van der Waals surface area contributed by atoms with Crippen LogP contribution in [0.3, 0.4) is 0 Å². The molecule has 172 valence electrons. The maximum atomic E-state index is 14.8. The number of fused-ring (bicyclic) bond motifs is 1. The van der Waals surface area contributed by atoms with Gasteiger partial charge in [-0.2, -0.15) is 5.10 Å². The minimum absolute atomic E-state index is 0.252. The first kappa shape index (κ1) is 22.1. The Morgan fingerprint density at radius 3 is 2.59 bits per heavy atom. The predicted molar refractivity (Wildman–Crippen MR) is 126 cm³/mol. The third-order valence-corrected chi connectivity index (χ3v) is 6.45. The van der Waals surface area contributed by atoms with Gasteiger partial charge in [0.25, 0.3) is 0 Å². The first-order valence-corrected chi connectivity index (χ1v) is 11.3. The molecule has 0 aliphatic rings. The number of imidazole rings is 1. The van der Waals surface area contributed by atoms with Gasteiger partial charge in [0.05, 0.1) is 12.2 Å². The van der Waals surface area contributed by atoms with Crippen LogP contribution in [0.1, 0.15) is 24.4 Å². The van der Waals surface area contributed by atoms with Crippen LogP contribution >= 0.6 is 15.9 Å². The van der Waals surface area contributed by atoms with Crippen molar-refractivity contribution in [2.75, 3.05) is 0 Å². The average Bonchev–Trinajstić information content (AvgIpc) is 3.49. The Balaban J connectivity index is 1.57. The summed E-state index contributed by atoms with van der Waals surface area (Å²) in [5, 5.41) is 4.12. The molecule has 0 amide bonds. The SMILES string of the molecule is CC(C(Cn1cncn1)c1ccc(F)cc1F)n1ccc2nc(-c3ccc(Br)cc3)cn2c1=O. The van der Waals surface area contributed by atoms with Gasteiger partial charge in [-0.3, -0.25) is 13.6 Å². The summed E-state index contributed by atoms with van der Waals surface area (Å²) in [6, 6.07) is 12.4. The molecule has 7 nitrogen and oxygen atoms in total. The summed E-state index contributed by atoms with van der Waals surface area (Å²) in [6.45, 7) is 2.08. The van der Waals surface area contributed by atoms with Crippen molar-refractivity contribution in [3.05, 3.63) is 106 Å². The fourth-order valence-electron chi connectivity index (χ4n) is 4.11. The number of hydrogen-bond donors (Lipinski definition) is 0. The summed E-state index contributed by atoms with van der Waals surface area (Å²) in [6.07, 6.45) is 6.25. The van der Waals surface area contributed by atoms with E-state index in [4.69, 9.17) is 0 Å². The zero-order valence-corrected chi connectivity index (χ0v) is 19.6. The first-order chi connectivity index (χ1) is 16.4. The van der Waals surface area contributed by atoms with Crippen molar-refractivity contribution >= 4 is 21.6 Å². The van der Waals surface area contributed by atoms with E-state index in [2.05, 4.69) is 31.0 Å². The highest BCUT2D eigenvalue weighted by molar-refractivity contribution is 9.10. The molecule has 0 N–H and O–H groups in total. The molecule has 2 aromatic carbocycles. The molecule has 34 heavy (non-hydrogen) atoms. The summed E-state index contributed by atoms with van der Waals surface area (Å²) in [5.41, 5.74) is 2.03. The largest absolute Gasteiger partial charge is 0.334 e. The van der Waals surface area contributed by atoms with Gasteiger partial charge in [-0.1, -0.05) is 34.1 Å². The molecule has 3 aromatic heterocycles. The standard InChI is InChI=1S/C24H19BrF2N6O/c1-15(20(11-31-14-28-13-29-31)19-7-6-18(26)10-21(19)27)32-9-8-23-30-22(12-33(23)24(32)34)16-2-4-17(25)5-3-16/h2-10,12-15,20H,11H2,1H3. The van der Waals surface area contributed by atoms with Gasteiger partial charge in [-0.05, 0) is 36.8 Å². The molecule has 10 heteroatoms. The number of nitrogens with zero attached hydrogens (tertiary/aromatic N) is 6. The quantitative estimate of drug-likeness (QED) is 0.318. The maximum Gasteiger partial charge on any atom is 0.334 e. The van der Waals surface area contributed by atoms with E-state index < -0.39 is 23.6 Å². The first-order valence-electron chi connectivity index (χ1n) is 10.5. The van der Waals surface area contributed by atoms with Crippen molar-refractivity contribution < 1.29 is 8.78 Å². The molecule has 2 unspecified atom stereocenters. The molecule has 0 saturated heterocycles.